The van der Waals surface area contributed by atoms with Gasteiger partial charge in [-0.2, -0.15) is 0 Å². The first-order valence-corrected chi connectivity index (χ1v) is 9.10. The molecule has 0 fully saturated rings. The number of hydrogen-bond acceptors (Lipinski definition) is 4. The molecule has 2 rings (SSSR count). The molecule has 0 radical (unpaired) electrons. The third kappa shape index (κ3) is 7.40. The fourth-order valence-electron chi connectivity index (χ4n) is 2.61. The fraction of sp³-hybridized carbons (Fsp3) is 0.333. The molecule has 4 N–H and O–H groups in total. The number of carbonyl (C=O) groups is 2. The van der Waals surface area contributed by atoms with Crippen LogP contribution in [-0.4, -0.2) is 30.2 Å². The summed E-state index contributed by atoms with van der Waals surface area (Å²) < 4.78 is 32.8. The molecule has 1 atom stereocenters. The minimum atomic E-state index is -0.733. The molecule has 0 bridgehead atoms. The molecular formula is C21H25F2N3O3. The van der Waals surface area contributed by atoms with Gasteiger partial charge in [-0.15, -0.1) is 0 Å². The van der Waals surface area contributed by atoms with Crippen molar-refractivity contribution in [2.45, 2.75) is 38.8 Å². The standard InChI is InChI=1S/C21H25F2N3O3/c1-21(2,3)29-20(28)26-17(11-14-9-15(22)7-8-18(14)23)12-25-19(27)13-5-4-6-16(24)10-13/h4-10,17H,11-12,24H2,1-3H3,(H,25,27)(H,26,28). The largest absolute Gasteiger partial charge is 0.444 e. The van der Waals surface area contributed by atoms with Crippen molar-refractivity contribution in [1.82, 2.24) is 10.6 Å². The van der Waals surface area contributed by atoms with Crippen molar-refractivity contribution < 1.29 is 23.1 Å². The van der Waals surface area contributed by atoms with Gasteiger partial charge in [-0.3, -0.25) is 4.79 Å². The van der Waals surface area contributed by atoms with Gasteiger partial charge in [0, 0.05) is 17.8 Å². The lowest BCUT2D eigenvalue weighted by molar-refractivity contribution is 0.0501. The second-order valence-electron chi connectivity index (χ2n) is 7.62. The first-order chi connectivity index (χ1) is 13.5. The van der Waals surface area contributed by atoms with E-state index in [1.807, 2.05) is 0 Å². The molecule has 156 valence electrons. The zero-order valence-corrected chi connectivity index (χ0v) is 16.6. The second-order valence-corrected chi connectivity index (χ2v) is 7.62. The third-order valence-corrected chi connectivity index (χ3v) is 3.85. The van der Waals surface area contributed by atoms with Crippen LogP contribution in [0.1, 0.15) is 36.7 Å². The van der Waals surface area contributed by atoms with Crippen LogP contribution >= 0.6 is 0 Å². The molecule has 1 unspecified atom stereocenters. The highest BCUT2D eigenvalue weighted by molar-refractivity contribution is 5.95. The minimum Gasteiger partial charge on any atom is -0.444 e. The van der Waals surface area contributed by atoms with E-state index in [0.717, 1.165) is 18.2 Å². The Balaban J connectivity index is 2.11. The number of nitrogen functional groups attached to an aromatic ring is 1. The number of hydrogen-bond donors (Lipinski definition) is 3. The van der Waals surface area contributed by atoms with Gasteiger partial charge in [-0.25, -0.2) is 13.6 Å². The Kier molecular flexibility index (Phi) is 7.14. The molecule has 2 aromatic rings. The maximum atomic E-state index is 14.0. The summed E-state index contributed by atoms with van der Waals surface area (Å²) in [6, 6.07) is 8.74. The Hall–Kier alpha value is -3.16. The molecule has 0 aliphatic carbocycles. The molecule has 0 aromatic heterocycles. The van der Waals surface area contributed by atoms with Crippen molar-refractivity contribution in [1.29, 1.82) is 0 Å². The fourth-order valence-corrected chi connectivity index (χ4v) is 2.61. The third-order valence-electron chi connectivity index (χ3n) is 3.85. The van der Waals surface area contributed by atoms with Crippen LogP contribution in [0.5, 0.6) is 0 Å². The van der Waals surface area contributed by atoms with Crippen molar-refractivity contribution >= 4 is 17.7 Å². The van der Waals surface area contributed by atoms with Gasteiger partial charge in [0.15, 0.2) is 0 Å². The number of nitrogens with one attached hydrogen (secondary N) is 2. The van der Waals surface area contributed by atoms with Gasteiger partial charge < -0.3 is 21.1 Å². The molecule has 0 spiro atoms. The van der Waals surface area contributed by atoms with Crippen LogP contribution in [0, 0.1) is 11.6 Å². The van der Waals surface area contributed by atoms with Gasteiger partial charge in [0.1, 0.15) is 17.2 Å². The molecular weight excluding hydrogens is 380 g/mol. The van der Waals surface area contributed by atoms with E-state index in [2.05, 4.69) is 10.6 Å². The monoisotopic (exact) mass is 405 g/mol. The van der Waals surface area contributed by atoms with Crippen LogP contribution in [0.25, 0.3) is 0 Å². The Bertz CT molecular complexity index is 882. The molecule has 29 heavy (non-hydrogen) atoms. The number of carbonyl (C=O) groups excluding carboxylic acids is 2. The summed E-state index contributed by atoms with van der Waals surface area (Å²) in [5.74, 6) is -1.61. The molecule has 0 saturated carbocycles. The smallest absolute Gasteiger partial charge is 0.407 e. The van der Waals surface area contributed by atoms with Gasteiger partial charge in [0.2, 0.25) is 0 Å². The summed E-state index contributed by atoms with van der Waals surface area (Å²) in [6.45, 7) is 5.09. The number of rotatable bonds is 6. The number of ether oxygens (including phenoxy) is 1. The summed E-state index contributed by atoms with van der Waals surface area (Å²) in [7, 11) is 0. The summed E-state index contributed by atoms with van der Waals surface area (Å²) >= 11 is 0. The average Bonchev–Trinajstić information content (AvgIpc) is 2.60. The number of anilines is 1. The molecule has 0 heterocycles. The first-order valence-electron chi connectivity index (χ1n) is 9.10. The Morgan fingerprint density at radius 2 is 1.86 bits per heavy atom. The van der Waals surface area contributed by atoms with Crippen LogP contribution in [0.3, 0.4) is 0 Å². The maximum Gasteiger partial charge on any atom is 0.407 e. The summed E-state index contributed by atoms with van der Waals surface area (Å²) in [5.41, 5.74) is 5.80. The molecule has 0 saturated heterocycles. The van der Waals surface area contributed by atoms with Crippen LogP contribution in [-0.2, 0) is 11.2 Å². The van der Waals surface area contributed by atoms with Gasteiger partial charge in [-0.05, 0) is 69.2 Å². The van der Waals surface area contributed by atoms with Crippen LogP contribution < -0.4 is 16.4 Å². The Morgan fingerprint density at radius 1 is 1.14 bits per heavy atom. The van der Waals surface area contributed by atoms with E-state index in [1.54, 1.807) is 39.0 Å². The van der Waals surface area contributed by atoms with Crippen LogP contribution in [0.4, 0.5) is 19.3 Å². The van der Waals surface area contributed by atoms with Crippen molar-refractivity contribution in [3.05, 3.63) is 65.2 Å². The molecule has 2 aromatic carbocycles. The van der Waals surface area contributed by atoms with Gasteiger partial charge >= 0.3 is 6.09 Å². The Labute approximate surface area is 168 Å². The SMILES string of the molecule is CC(C)(C)OC(=O)NC(CNC(=O)c1cccc(N)c1)Cc1cc(F)ccc1F. The van der Waals surface area contributed by atoms with Gasteiger partial charge in [0.25, 0.3) is 5.91 Å². The average molecular weight is 405 g/mol. The molecule has 6 nitrogen and oxygen atoms in total. The minimum absolute atomic E-state index is 0.0250. The van der Waals surface area contributed by atoms with Crippen molar-refractivity contribution in [2.24, 2.45) is 0 Å². The number of benzene rings is 2. The van der Waals surface area contributed by atoms with E-state index in [9.17, 15) is 18.4 Å². The summed E-state index contributed by atoms with van der Waals surface area (Å²) in [5, 5.41) is 5.27. The van der Waals surface area contributed by atoms with Crippen LogP contribution in [0.15, 0.2) is 42.5 Å². The van der Waals surface area contributed by atoms with E-state index in [-0.39, 0.29) is 18.5 Å². The summed E-state index contributed by atoms with van der Waals surface area (Å²) in [6.07, 6.45) is -0.766. The lowest BCUT2D eigenvalue weighted by Gasteiger charge is -2.24. The highest BCUT2D eigenvalue weighted by Gasteiger charge is 2.21. The second kappa shape index (κ2) is 9.36. The number of alkyl carbamates (subject to hydrolysis) is 1. The van der Waals surface area contributed by atoms with Gasteiger partial charge in [-0.1, -0.05) is 6.07 Å². The predicted octanol–water partition coefficient (Wildman–Crippen LogP) is 3.41. The van der Waals surface area contributed by atoms with Crippen molar-refractivity contribution in [3.63, 3.8) is 0 Å². The number of halogens is 2. The first kappa shape index (κ1) is 22.1. The van der Waals surface area contributed by atoms with E-state index < -0.39 is 35.3 Å². The quantitative estimate of drug-likeness (QED) is 0.642. The van der Waals surface area contributed by atoms with E-state index >= 15 is 0 Å². The van der Waals surface area contributed by atoms with E-state index in [1.165, 1.54) is 6.07 Å². The lowest BCUT2D eigenvalue weighted by atomic mass is 10.0. The van der Waals surface area contributed by atoms with Crippen molar-refractivity contribution in [2.75, 3.05) is 12.3 Å². The zero-order valence-electron chi connectivity index (χ0n) is 16.6. The topological polar surface area (TPSA) is 93.5 Å². The maximum absolute atomic E-state index is 14.0. The molecule has 8 heteroatoms. The van der Waals surface area contributed by atoms with E-state index in [4.69, 9.17) is 10.5 Å². The number of nitrogens with two attached hydrogens (primary N) is 1. The highest BCUT2D eigenvalue weighted by atomic mass is 19.1. The molecule has 0 aliphatic rings. The Morgan fingerprint density at radius 3 is 2.52 bits per heavy atom. The zero-order chi connectivity index (χ0) is 21.6. The lowest BCUT2D eigenvalue weighted by Crippen LogP contribution is -2.46. The number of amides is 2. The van der Waals surface area contributed by atoms with Crippen LogP contribution in [0.2, 0.25) is 0 Å². The van der Waals surface area contributed by atoms with Gasteiger partial charge in [0.05, 0.1) is 6.04 Å². The normalized spacial score (nSPS) is 12.2. The van der Waals surface area contributed by atoms with E-state index in [0.29, 0.717) is 11.3 Å². The summed E-state index contributed by atoms with van der Waals surface area (Å²) in [4.78, 5) is 24.5. The van der Waals surface area contributed by atoms with Crippen molar-refractivity contribution in [3.8, 4) is 0 Å². The predicted molar refractivity (Wildman–Crippen MR) is 106 cm³/mol. The molecule has 2 amide bonds. The molecule has 0 aliphatic heterocycles. The highest BCUT2D eigenvalue weighted by Crippen LogP contribution is 2.13.